The van der Waals surface area contributed by atoms with Crippen molar-refractivity contribution in [1.29, 1.82) is 0 Å². The largest absolute Gasteiger partial charge is 0.464 e. The second kappa shape index (κ2) is 3.88. The lowest BCUT2D eigenvalue weighted by Gasteiger charge is -2.27. The lowest BCUT2D eigenvalue weighted by Crippen LogP contribution is -2.29. The first-order valence-corrected chi connectivity index (χ1v) is 6.73. The molecule has 4 heteroatoms. The van der Waals surface area contributed by atoms with Crippen LogP contribution in [0.3, 0.4) is 0 Å². The number of aryl methyl sites for hydroxylation is 1. The van der Waals surface area contributed by atoms with Gasteiger partial charge in [0.1, 0.15) is 5.75 Å². The highest BCUT2D eigenvalue weighted by molar-refractivity contribution is 7.12. The quantitative estimate of drug-likeness (QED) is 0.766. The number of hydrogen-bond acceptors (Lipinski definition) is 3. The van der Waals surface area contributed by atoms with Crippen LogP contribution in [0.25, 0.3) is 0 Å². The van der Waals surface area contributed by atoms with E-state index in [-0.39, 0.29) is 11.9 Å². The number of hydrogen-bond donors (Lipinski definition) is 0. The van der Waals surface area contributed by atoms with Crippen LogP contribution in [-0.2, 0) is 4.79 Å². The Morgan fingerprint density at radius 1 is 1.47 bits per heavy atom. The molecule has 0 saturated carbocycles. The average molecular weight is 249 g/mol. The minimum atomic E-state index is 0.0890. The van der Waals surface area contributed by atoms with Crippen molar-refractivity contribution < 1.29 is 9.53 Å². The molecule has 1 unspecified atom stereocenters. The highest BCUT2D eigenvalue weighted by Gasteiger charge is 2.33. The summed E-state index contributed by atoms with van der Waals surface area (Å²) in [5, 5.41) is 0. The zero-order valence-electron chi connectivity index (χ0n) is 10.0. The predicted molar refractivity (Wildman–Crippen MR) is 67.2 cm³/mol. The van der Waals surface area contributed by atoms with Crippen LogP contribution in [0.15, 0.2) is 12.3 Å². The zero-order valence-corrected chi connectivity index (χ0v) is 10.8. The Morgan fingerprint density at radius 3 is 3.00 bits per heavy atom. The van der Waals surface area contributed by atoms with Crippen molar-refractivity contribution in [2.45, 2.75) is 32.7 Å². The van der Waals surface area contributed by atoms with E-state index in [9.17, 15) is 4.79 Å². The smallest absolute Gasteiger partial charge is 0.223 e. The molecule has 1 atom stereocenters. The molecule has 2 aliphatic rings. The molecular weight excluding hydrogens is 234 g/mol. The van der Waals surface area contributed by atoms with E-state index in [1.807, 2.05) is 11.0 Å². The zero-order chi connectivity index (χ0) is 12.0. The summed E-state index contributed by atoms with van der Waals surface area (Å²) in [6, 6.07) is 0.0890. The fraction of sp³-hybridized carbons (Fsp3) is 0.462. The Morgan fingerprint density at radius 2 is 2.29 bits per heavy atom. The molecule has 0 aromatic carbocycles. The monoisotopic (exact) mass is 249 g/mol. The van der Waals surface area contributed by atoms with Crippen molar-refractivity contribution in [3.8, 4) is 5.75 Å². The molecule has 1 aromatic rings. The molecule has 1 aromatic heterocycles. The summed E-state index contributed by atoms with van der Waals surface area (Å²) >= 11 is 1.74. The highest BCUT2D eigenvalue weighted by Crippen LogP contribution is 2.44. The van der Waals surface area contributed by atoms with Crippen molar-refractivity contribution in [1.82, 2.24) is 4.90 Å². The predicted octanol–water partition coefficient (Wildman–Crippen LogP) is 2.93. The van der Waals surface area contributed by atoms with Crippen molar-refractivity contribution in [3.05, 3.63) is 27.7 Å². The molecule has 3 heterocycles. The molecule has 0 bridgehead atoms. The van der Waals surface area contributed by atoms with E-state index < -0.39 is 0 Å². The Hall–Kier alpha value is -1.29. The molecule has 1 amide bonds. The number of thiophene rings is 1. The van der Waals surface area contributed by atoms with Crippen LogP contribution in [0.4, 0.5) is 0 Å². The molecule has 1 fully saturated rings. The SMILES string of the molecule is Cc1sc2c(c1C)OC=CC2N1CCCC1=O. The normalized spacial score (nSPS) is 22.8. The van der Waals surface area contributed by atoms with Gasteiger partial charge in [0.05, 0.1) is 17.2 Å². The minimum absolute atomic E-state index is 0.0890. The summed E-state index contributed by atoms with van der Waals surface area (Å²) in [5.41, 5.74) is 1.20. The van der Waals surface area contributed by atoms with Crippen LogP contribution in [0.1, 0.15) is 34.2 Å². The maximum absolute atomic E-state index is 11.8. The summed E-state index contributed by atoms with van der Waals surface area (Å²) < 4.78 is 5.59. The fourth-order valence-electron chi connectivity index (χ4n) is 2.45. The number of nitrogens with zero attached hydrogens (tertiary/aromatic N) is 1. The van der Waals surface area contributed by atoms with Gasteiger partial charge in [0.25, 0.3) is 0 Å². The van der Waals surface area contributed by atoms with E-state index in [0.717, 1.165) is 18.7 Å². The molecular formula is C13H15NO2S. The third-order valence-corrected chi connectivity index (χ3v) is 4.78. The number of likely N-dealkylation sites (tertiary alicyclic amines) is 1. The van der Waals surface area contributed by atoms with Crippen molar-refractivity contribution in [2.75, 3.05) is 6.54 Å². The van der Waals surface area contributed by atoms with E-state index in [1.165, 1.54) is 15.3 Å². The second-order valence-electron chi connectivity index (χ2n) is 4.56. The van der Waals surface area contributed by atoms with Crippen LogP contribution in [0.2, 0.25) is 0 Å². The number of amides is 1. The third-order valence-electron chi connectivity index (χ3n) is 3.52. The Bertz CT molecular complexity index is 504. The van der Waals surface area contributed by atoms with Gasteiger partial charge in [-0.25, -0.2) is 0 Å². The Kier molecular flexibility index (Phi) is 2.47. The molecule has 2 aliphatic heterocycles. The molecule has 3 nitrogen and oxygen atoms in total. The summed E-state index contributed by atoms with van der Waals surface area (Å²) in [6.45, 7) is 5.04. The van der Waals surface area contributed by atoms with Gasteiger partial charge in [0.15, 0.2) is 0 Å². The topological polar surface area (TPSA) is 29.5 Å². The van der Waals surface area contributed by atoms with Crippen LogP contribution in [-0.4, -0.2) is 17.4 Å². The molecule has 0 spiro atoms. The van der Waals surface area contributed by atoms with Crippen molar-refractivity contribution in [3.63, 3.8) is 0 Å². The van der Waals surface area contributed by atoms with Gasteiger partial charge in [-0.05, 0) is 26.3 Å². The molecule has 1 saturated heterocycles. The van der Waals surface area contributed by atoms with Crippen LogP contribution in [0, 0.1) is 13.8 Å². The van der Waals surface area contributed by atoms with Crippen molar-refractivity contribution in [2.24, 2.45) is 0 Å². The summed E-state index contributed by atoms with van der Waals surface area (Å²) in [5.74, 6) is 1.22. The number of carbonyl (C=O) groups is 1. The van der Waals surface area contributed by atoms with Crippen LogP contribution in [0.5, 0.6) is 5.75 Å². The molecule has 0 aliphatic carbocycles. The summed E-state index contributed by atoms with van der Waals surface area (Å²) in [7, 11) is 0. The number of ether oxygens (including phenoxy) is 1. The van der Waals surface area contributed by atoms with Gasteiger partial charge in [-0.2, -0.15) is 0 Å². The molecule has 0 radical (unpaired) electrons. The van der Waals surface area contributed by atoms with E-state index >= 15 is 0 Å². The minimum Gasteiger partial charge on any atom is -0.464 e. The third kappa shape index (κ3) is 1.59. The van der Waals surface area contributed by atoms with Gasteiger partial charge < -0.3 is 9.64 Å². The van der Waals surface area contributed by atoms with Gasteiger partial charge in [-0.1, -0.05) is 0 Å². The Balaban J connectivity index is 2.02. The molecule has 3 rings (SSSR count). The lowest BCUT2D eigenvalue weighted by molar-refractivity contribution is -0.129. The number of rotatable bonds is 1. The second-order valence-corrected chi connectivity index (χ2v) is 5.81. The summed E-state index contributed by atoms with van der Waals surface area (Å²) in [6.07, 6.45) is 5.37. The van der Waals surface area contributed by atoms with Gasteiger partial charge >= 0.3 is 0 Å². The first kappa shape index (κ1) is 10.8. The molecule has 90 valence electrons. The first-order valence-electron chi connectivity index (χ1n) is 5.91. The van der Waals surface area contributed by atoms with E-state index in [0.29, 0.717) is 6.42 Å². The van der Waals surface area contributed by atoms with Crippen LogP contribution >= 0.6 is 11.3 Å². The molecule has 17 heavy (non-hydrogen) atoms. The molecule has 0 N–H and O–H groups in total. The van der Waals surface area contributed by atoms with E-state index in [2.05, 4.69) is 13.8 Å². The van der Waals surface area contributed by atoms with Gasteiger partial charge in [0, 0.05) is 23.4 Å². The van der Waals surface area contributed by atoms with Gasteiger partial charge in [-0.3, -0.25) is 4.79 Å². The van der Waals surface area contributed by atoms with E-state index in [1.54, 1.807) is 17.6 Å². The van der Waals surface area contributed by atoms with Crippen LogP contribution < -0.4 is 4.74 Å². The van der Waals surface area contributed by atoms with Gasteiger partial charge in [0.2, 0.25) is 5.91 Å². The number of carbonyl (C=O) groups excluding carboxylic acids is 1. The maximum Gasteiger partial charge on any atom is 0.223 e. The number of fused-ring (bicyclic) bond motifs is 1. The lowest BCUT2D eigenvalue weighted by atomic mass is 10.1. The van der Waals surface area contributed by atoms with E-state index in [4.69, 9.17) is 4.74 Å². The van der Waals surface area contributed by atoms with Gasteiger partial charge in [-0.15, -0.1) is 11.3 Å². The fourth-order valence-corrected chi connectivity index (χ4v) is 3.65. The van der Waals surface area contributed by atoms with Crippen molar-refractivity contribution >= 4 is 17.2 Å². The summed E-state index contributed by atoms with van der Waals surface area (Å²) in [4.78, 5) is 16.2. The average Bonchev–Trinajstić information content (AvgIpc) is 2.85. The first-order chi connectivity index (χ1) is 8.18. The standard InChI is InChI=1S/C13H15NO2S/c1-8-9(2)17-13-10(5-7-16-12(8)13)14-6-3-4-11(14)15/h5,7,10H,3-4,6H2,1-2H3. The Labute approximate surface area is 105 Å². The highest BCUT2D eigenvalue weighted by atomic mass is 32.1. The maximum atomic E-state index is 11.8.